The van der Waals surface area contributed by atoms with Crippen molar-refractivity contribution in [2.75, 3.05) is 0 Å². The zero-order chi connectivity index (χ0) is 17.5. The highest BCUT2D eigenvalue weighted by Crippen LogP contribution is 2.40. The second-order valence-electron chi connectivity index (χ2n) is 5.63. The van der Waals surface area contributed by atoms with Crippen molar-refractivity contribution >= 4 is 21.2 Å². The van der Waals surface area contributed by atoms with Gasteiger partial charge < -0.3 is 0 Å². The molecule has 0 spiro atoms. The maximum Gasteiger partial charge on any atom is 0.243 e. The maximum atomic E-state index is 14.1. The van der Waals surface area contributed by atoms with E-state index in [1.807, 2.05) is 0 Å². The van der Waals surface area contributed by atoms with Crippen molar-refractivity contribution in [3.05, 3.63) is 65.0 Å². The molecule has 0 saturated carbocycles. The van der Waals surface area contributed by atoms with Gasteiger partial charge in [-0.3, -0.25) is 0 Å². The Bertz CT molecular complexity index is 912. The first-order valence-corrected chi connectivity index (χ1v) is 8.82. The maximum absolute atomic E-state index is 14.1. The molecule has 0 bridgehead atoms. The Kier molecular flexibility index (Phi) is 4.23. The Labute approximate surface area is 137 Å². The topological polar surface area (TPSA) is 60.2 Å². The van der Waals surface area contributed by atoms with Crippen LogP contribution in [0.3, 0.4) is 0 Å². The quantitative estimate of drug-likeness (QED) is 0.911. The molecule has 0 atom stereocenters. The third kappa shape index (κ3) is 3.09. The Morgan fingerprint density at radius 2 is 1.33 bits per heavy atom. The lowest BCUT2D eigenvalue weighted by molar-refractivity contribution is 0.519. The predicted molar refractivity (Wildman–Crippen MR) is 84.8 cm³/mol. The largest absolute Gasteiger partial charge is 0.243 e. The van der Waals surface area contributed by atoms with E-state index in [0.29, 0.717) is 12.8 Å². The average Bonchev–Trinajstić information content (AvgIpc) is 2.95. The lowest BCUT2D eigenvalue weighted by Crippen LogP contribution is -2.16. The highest BCUT2D eigenvalue weighted by atomic mass is 32.2. The third-order valence-corrected chi connectivity index (χ3v) is 5.00. The van der Waals surface area contributed by atoms with Gasteiger partial charge in [0.2, 0.25) is 10.0 Å². The second-order valence-corrected chi connectivity index (χ2v) is 7.13. The van der Waals surface area contributed by atoms with E-state index >= 15 is 0 Å². The number of primary sulfonamides is 1. The molecule has 0 heterocycles. The summed E-state index contributed by atoms with van der Waals surface area (Å²) in [7, 11) is -4.48. The van der Waals surface area contributed by atoms with Crippen LogP contribution in [0.15, 0.2) is 41.3 Å². The van der Waals surface area contributed by atoms with Crippen LogP contribution >= 0.6 is 0 Å². The predicted octanol–water partition coefficient (Wildman–Crippen LogP) is 3.85. The number of hydrogen-bond acceptors (Lipinski definition) is 2. The molecule has 0 fully saturated rings. The molecule has 1 aliphatic rings. The van der Waals surface area contributed by atoms with Crippen LogP contribution in [-0.4, -0.2) is 8.42 Å². The number of hydrogen-bond donors (Lipinski definition) is 1. The first-order valence-electron chi connectivity index (χ1n) is 7.27. The van der Waals surface area contributed by atoms with Crippen molar-refractivity contribution in [3.8, 4) is 0 Å². The average molecular weight is 353 g/mol. The first-order chi connectivity index (χ1) is 11.3. The fourth-order valence-corrected chi connectivity index (χ4v) is 3.70. The molecule has 2 aromatic rings. The highest BCUT2D eigenvalue weighted by Gasteiger charge is 2.24. The van der Waals surface area contributed by atoms with Gasteiger partial charge in [-0.25, -0.2) is 26.7 Å². The molecular weight excluding hydrogens is 339 g/mol. The summed E-state index contributed by atoms with van der Waals surface area (Å²) in [6.07, 6.45) is 2.09. The van der Waals surface area contributed by atoms with Gasteiger partial charge in [0.25, 0.3) is 0 Å². The van der Waals surface area contributed by atoms with Gasteiger partial charge in [0.05, 0.1) is 0 Å². The summed E-state index contributed by atoms with van der Waals surface area (Å²) < 4.78 is 63.8. The fourth-order valence-electron chi connectivity index (χ4n) is 3.04. The van der Waals surface area contributed by atoms with Gasteiger partial charge in [0.1, 0.15) is 17.5 Å². The van der Waals surface area contributed by atoms with Crippen molar-refractivity contribution in [2.45, 2.75) is 24.2 Å². The number of rotatable bonds is 3. The van der Waals surface area contributed by atoms with Crippen LogP contribution in [0.25, 0.3) is 11.1 Å². The van der Waals surface area contributed by atoms with Crippen molar-refractivity contribution in [1.29, 1.82) is 0 Å². The van der Waals surface area contributed by atoms with Crippen molar-refractivity contribution in [2.24, 2.45) is 5.14 Å². The minimum Gasteiger partial charge on any atom is -0.224 e. The molecule has 0 radical (unpaired) electrons. The van der Waals surface area contributed by atoms with E-state index in [-0.39, 0.29) is 11.4 Å². The molecule has 24 heavy (non-hydrogen) atoms. The molecule has 1 aliphatic carbocycles. The molecule has 2 N–H and O–H groups in total. The third-order valence-electron chi connectivity index (χ3n) is 4.04. The lowest BCUT2D eigenvalue weighted by Gasteiger charge is -2.11. The smallest absolute Gasteiger partial charge is 0.224 e. The molecule has 0 aromatic heterocycles. The molecule has 0 unspecified atom stereocenters. The zero-order valence-electron chi connectivity index (χ0n) is 12.5. The standard InChI is InChI=1S/C17H14F3NO2S/c18-12-6-4-10(5-7-12)13-2-1-3-14(13)11-8-15(19)17(16(20)9-11)24(21,22)23/h4-9H,1-3H2,(H2,21,22,23). The Morgan fingerprint density at radius 1 is 0.833 bits per heavy atom. The van der Waals surface area contributed by atoms with Crippen LogP contribution in [-0.2, 0) is 10.0 Å². The van der Waals surface area contributed by atoms with Crippen LogP contribution < -0.4 is 5.14 Å². The van der Waals surface area contributed by atoms with E-state index in [1.54, 1.807) is 12.1 Å². The Morgan fingerprint density at radius 3 is 1.83 bits per heavy atom. The van der Waals surface area contributed by atoms with Gasteiger partial charge in [-0.2, -0.15) is 0 Å². The molecule has 7 heteroatoms. The number of benzene rings is 2. The minimum absolute atomic E-state index is 0.272. The first kappa shape index (κ1) is 16.7. The summed E-state index contributed by atoms with van der Waals surface area (Å²) in [5, 5.41) is 4.84. The highest BCUT2D eigenvalue weighted by molar-refractivity contribution is 7.89. The molecule has 126 valence electrons. The molecule has 2 aromatic carbocycles. The zero-order valence-corrected chi connectivity index (χ0v) is 13.3. The SMILES string of the molecule is NS(=O)(=O)c1c(F)cc(C2=C(c3ccc(F)cc3)CCC2)cc1F. The van der Waals surface area contributed by atoms with Gasteiger partial charge >= 0.3 is 0 Å². The molecule has 0 aliphatic heterocycles. The summed E-state index contributed by atoms with van der Waals surface area (Å²) in [6, 6.07) is 7.83. The molecule has 3 nitrogen and oxygen atoms in total. The Balaban J connectivity index is 2.14. The molecule has 0 amide bonds. The summed E-state index contributed by atoms with van der Waals surface area (Å²) in [5.41, 5.74) is 2.65. The lowest BCUT2D eigenvalue weighted by atomic mass is 9.97. The Hall–Kier alpha value is -2.12. The normalized spacial score (nSPS) is 15.2. The number of halogens is 3. The van der Waals surface area contributed by atoms with Crippen LogP contribution in [0.4, 0.5) is 13.2 Å². The molecule has 3 rings (SSSR count). The fraction of sp³-hybridized carbons (Fsp3) is 0.176. The van der Waals surface area contributed by atoms with E-state index in [1.165, 1.54) is 12.1 Å². The monoisotopic (exact) mass is 353 g/mol. The van der Waals surface area contributed by atoms with Crippen molar-refractivity contribution < 1.29 is 21.6 Å². The van der Waals surface area contributed by atoms with Crippen LogP contribution in [0, 0.1) is 17.5 Å². The number of nitrogens with two attached hydrogens (primary N) is 1. The van der Waals surface area contributed by atoms with E-state index in [4.69, 9.17) is 5.14 Å². The summed E-state index contributed by atoms with van der Waals surface area (Å²) >= 11 is 0. The summed E-state index contributed by atoms with van der Waals surface area (Å²) in [4.78, 5) is -1.13. The molecular formula is C17H14F3NO2S. The number of allylic oxidation sites excluding steroid dienone is 2. The number of sulfonamides is 1. The molecule has 0 saturated heterocycles. The van der Waals surface area contributed by atoms with E-state index in [2.05, 4.69) is 0 Å². The van der Waals surface area contributed by atoms with Gasteiger partial charge in [-0.1, -0.05) is 12.1 Å². The van der Waals surface area contributed by atoms with Gasteiger partial charge in [-0.15, -0.1) is 0 Å². The van der Waals surface area contributed by atoms with Crippen LogP contribution in [0.1, 0.15) is 30.4 Å². The van der Waals surface area contributed by atoms with Crippen LogP contribution in [0.2, 0.25) is 0 Å². The van der Waals surface area contributed by atoms with Gasteiger partial charge in [0, 0.05) is 0 Å². The van der Waals surface area contributed by atoms with E-state index in [9.17, 15) is 21.6 Å². The van der Waals surface area contributed by atoms with Crippen LogP contribution in [0.5, 0.6) is 0 Å². The second kappa shape index (κ2) is 6.07. The minimum atomic E-state index is -4.48. The summed E-state index contributed by atoms with van der Waals surface area (Å²) in [5.74, 6) is -2.80. The van der Waals surface area contributed by atoms with Gasteiger partial charge in [-0.05, 0) is 65.8 Å². The van der Waals surface area contributed by atoms with Gasteiger partial charge in [0.15, 0.2) is 4.90 Å². The van der Waals surface area contributed by atoms with E-state index < -0.39 is 26.6 Å². The van der Waals surface area contributed by atoms with E-state index in [0.717, 1.165) is 35.3 Å². The van der Waals surface area contributed by atoms with Crippen molar-refractivity contribution in [1.82, 2.24) is 0 Å². The summed E-state index contributed by atoms with van der Waals surface area (Å²) in [6.45, 7) is 0. The van der Waals surface area contributed by atoms with Crippen molar-refractivity contribution in [3.63, 3.8) is 0 Å².